The normalized spacial score (nSPS) is 12.3. The maximum Gasteiger partial charge on any atom is 0.429 e. The molecular formula is C4H11NOP+. The van der Waals surface area contributed by atoms with Crippen LogP contribution in [0, 0.1) is 0 Å². The molecule has 0 rings (SSSR count). The summed E-state index contributed by atoms with van der Waals surface area (Å²) in [6.07, 6.45) is 0. The Morgan fingerprint density at radius 3 is 2.00 bits per heavy atom. The van der Waals surface area contributed by atoms with Gasteiger partial charge in [0.2, 0.25) is 0 Å². The molecule has 2 nitrogen and oxygen atoms in total. The Bertz CT molecular complexity index is 72.1. The van der Waals surface area contributed by atoms with Crippen LogP contribution >= 0.6 is 7.95 Å². The van der Waals surface area contributed by atoms with E-state index >= 15 is 0 Å². The third-order valence-electron chi connectivity index (χ3n) is 0.440. The molecule has 3 heteroatoms. The third kappa shape index (κ3) is 6.06. The second kappa shape index (κ2) is 3.11. The maximum absolute atomic E-state index is 10.3. The first-order valence-electron chi connectivity index (χ1n) is 2.30. The van der Waals surface area contributed by atoms with Crippen LogP contribution in [-0.4, -0.2) is 12.7 Å². The Labute approximate surface area is 45.1 Å². The molecular weight excluding hydrogens is 109 g/mol. The van der Waals surface area contributed by atoms with Crippen molar-refractivity contribution in [2.75, 3.05) is 6.66 Å². The van der Waals surface area contributed by atoms with Crippen LogP contribution in [0.25, 0.3) is 0 Å². The lowest BCUT2D eigenvalue weighted by molar-refractivity contribution is 0.575. The first kappa shape index (κ1) is 7.06. The Morgan fingerprint density at radius 2 is 2.00 bits per heavy atom. The van der Waals surface area contributed by atoms with Crippen LogP contribution in [0.4, 0.5) is 0 Å². The summed E-state index contributed by atoms with van der Waals surface area (Å²) in [6.45, 7) is 5.60. The van der Waals surface area contributed by atoms with Gasteiger partial charge in [-0.05, 0) is 13.8 Å². The minimum atomic E-state index is -1.14. The van der Waals surface area contributed by atoms with E-state index in [1.165, 1.54) is 0 Å². The van der Waals surface area contributed by atoms with Crippen LogP contribution in [0.1, 0.15) is 13.8 Å². The van der Waals surface area contributed by atoms with Crippen molar-refractivity contribution < 1.29 is 4.57 Å². The zero-order chi connectivity index (χ0) is 5.86. The van der Waals surface area contributed by atoms with Crippen molar-refractivity contribution in [2.45, 2.75) is 19.9 Å². The van der Waals surface area contributed by atoms with Crippen molar-refractivity contribution in [3.63, 3.8) is 0 Å². The Hall–Kier alpha value is 0.0600. The fourth-order valence-electron chi connectivity index (χ4n) is 0.364. The van der Waals surface area contributed by atoms with Gasteiger partial charge in [-0.15, -0.1) is 5.09 Å². The van der Waals surface area contributed by atoms with Gasteiger partial charge in [0.25, 0.3) is 0 Å². The molecule has 0 fully saturated rings. The minimum Gasteiger partial charge on any atom is -0.107 e. The van der Waals surface area contributed by atoms with E-state index in [4.69, 9.17) is 0 Å². The van der Waals surface area contributed by atoms with Gasteiger partial charge in [0.1, 0.15) is 0 Å². The molecule has 7 heavy (non-hydrogen) atoms. The van der Waals surface area contributed by atoms with Gasteiger partial charge in [0, 0.05) is 6.04 Å². The molecule has 0 aliphatic rings. The highest BCUT2D eigenvalue weighted by atomic mass is 31.1. The lowest BCUT2D eigenvalue weighted by atomic mass is 10.4. The molecule has 42 valence electrons. The van der Waals surface area contributed by atoms with Crippen molar-refractivity contribution >= 4 is 7.95 Å². The molecule has 0 bridgehead atoms. The first-order chi connectivity index (χ1) is 3.13. The van der Waals surface area contributed by atoms with Crippen molar-refractivity contribution in [3.8, 4) is 0 Å². The molecule has 0 aliphatic carbocycles. The highest BCUT2D eigenvalue weighted by Gasteiger charge is 2.04. The third-order valence-corrected chi connectivity index (χ3v) is 1.32. The van der Waals surface area contributed by atoms with Crippen molar-refractivity contribution in [1.82, 2.24) is 5.09 Å². The highest BCUT2D eigenvalue weighted by Crippen LogP contribution is 2.05. The smallest absolute Gasteiger partial charge is 0.107 e. The average molecular weight is 120 g/mol. The van der Waals surface area contributed by atoms with Crippen LogP contribution < -0.4 is 5.09 Å². The topological polar surface area (TPSA) is 29.1 Å². The molecule has 1 atom stereocenters. The Morgan fingerprint density at radius 1 is 1.57 bits per heavy atom. The monoisotopic (exact) mass is 120 g/mol. The van der Waals surface area contributed by atoms with Gasteiger partial charge in [-0.3, -0.25) is 0 Å². The number of hydrogen-bond acceptors (Lipinski definition) is 1. The standard InChI is InChI=1S/C4H11NOP/c1-4(2)5-7(3)6/h4H,1-3H3,(H,5,6)/q+1. The predicted molar refractivity (Wildman–Crippen MR) is 31.8 cm³/mol. The first-order valence-corrected chi connectivity index (χ1v) is 4.00. The summed E-state index contributed by atoms with van der Waals surface area (Å²) >= 11 is 0. The lowest BCUT2D eigenvalue weighted by Gasteiger charge is -1.90. The van der Waals surface area contributed by atoms with Gasteiger partial charge in [-0.2, -0.15) is 0 Å². The molecule has 0 aromatic rings. The zero-order valence-corrected chi connectivity index (χ0v) is 5.83. The van der Waals surface area contributed by atoms with Crippen LogP contribution in [-0.2, 0) is 4.57 Å². The van der Waals surface area contributed by atoms with Gasteiger partial charge in [-0.25, -0.2) is 0 Å². The van der Waals surface area contributed by atoms with Crippen LogP contribution in [0.15, 0.2) is 0 Å². The molecule has 0 amide bonds. The van der Waals surface area contributed by atoms with E-state index < -0.39 is 7.95 Å². The molecule has 0 saturated heterocycles. The van der Waals surface area contributed by atoms with Gasteiger partial charge in [0.15, 0.2) is 6.66 Å². The fourth-order valence-corrected chi connectivity index (χ4v) is 1.09. The van der Waals surface area contributed by atoms with E-state index in [9.17, 15) is 4.57 Å². The molecule has 0 saturated carbocycles. The van der Waals surface area contributed by atoms with Crippen LogP contribution in [0.3, 0.4) is 0 Å². The summed E-state index contributed by atoms with van der Waals surface area (Å²) in [5, 5.41) is 2.81. The molecule has 0 radical (unpaired) electrons. The molecule has 0 aliphatic heterocycles. The summed E-state index contributed by atoms with van der Waals surface area (Å²) < 4.78 is 10.3. The molecule has 0 heterocycles. The SMILES string of the molecule is CC(C)N[P+](C)=O. The molecule has 0 aromatic carbocycles. The average Bonchev–Trinajstić information content (AvgIpc) is 1.27. The molecule has 1 unspecified atom stereocenters. The van der Waals surface area contributed by atoms with E-state index in [2.05, 4.69) is 5.09 Å². The van der Waals surface area contributed by atoms with E-state index in [-0.39, 0.29) is 0 Å². The Kier molecular flexibility index (Phi) is 3.14. The predicted octanol–water partition coefficient (Wildman–Crippen LogP) is 1.36. The number of rotatable bonds is 2. The summed E-state index contributed by atoms with van der Waals surface area (Å²) in [6, 6.07) is 0.341. The molecule has 1 N–H and O–H groups in total. The molecule has 0 spiro atoms. The summed E-state index contributed by atoms with van der Waals surface area (Å²) in [5.41, 5.74) is 0. The minimum absolute atomic E-state index is 0.341. The van der Waals surface area contributed by atoms with E-state index in [1.807, 2.05) is 13.8 Å². The summed E-state index contributed by atoms with van der Waals surface area (Å²) in [5.74, 6) is 0. The maximum atomic E-state index is 10.3. The van der Waals surface area contributed by atoms with Crippen LogP contribution in [0.2, 0.25) is 0 Å². The van der Waals surface area contributed by atoms with Crippen LogP contribution in [0.5, 0.6) is 0 Å². The quantitative estimate of drug-likeness (QED) is 0.557. The fraction of sp³-hybridized carbons (Fsp3) is 1.00. The van der Waals surface area contributed by atoms with E-state index in [1.54, 1.807) is 6.66 Å². The van der Waals surface area contributed by atoms with Gasteiger partial charge >= 0.3 is 7.95 Å². The van der Waals surface area contributed by atoms with Gasteiger partial charge in [0.05, 0.1) is 0 Å². The lowest BCUT2D eigenvalue weighted by Crippen LogP contribution is -2.12. The largest absolute Gasteiger partial charge is 0.429 e. The number of hydrogen-bond donors (Lipinski definition) is 1. The summed E-state index contributed by atoms with van der Waals surface area (Å²) in [4.78, 5) is 0. The van der Waals surface area contributed by atoms with E-state index in [0.29, 0.717) is 6.04 Å². The molecule has 0 aromatic heterocycles. The highest BCUT2D eigenvalue weighted by molar-refractivity contribution is 7.41. The second-order valence-electron chi connectivity index (χ2n) is 1.78. The Balaban J connectivity index is 3.13. The van der Waals surface area contributed by atoms with Gasteiger partial charge < -0.3 is 0 Å². The number of nitrogens with one attached hydrogen (secondary N) is 1. The van der Waals surface area contributed by atoms with Gasteiger partial charge in [-0.1, -0.05) is 4.57 Å². The summed E-state index contributed by atoms with van der Waals surface area (Å²) in [7, 11) is -1.14. The van der Waals surface area contributed by atoms with E-state index in [0.717, 1.165) is 0 Å². The van der Waals surface area contributed by atoms with Crippen molar-refractivity contribution in [2.24, 2.45) is 0 Å². The second-order valence-corrected chi connectivity index (χ2v) is 3.03. The van der Waals surface area contributed by atoms with Crippen molar-refractivity contribution in [1.29, 1.82) is 0 Å². The zero-order valence-electron chi connectivity index (χ0n) is 4.93. The van der Waals surface area contributed by atoms with Crippen molar-refractivity contribution in [3.05, 3.63) is 0 Å².